The van der Waals surface area contributed by atoms with Gasteiger partial charge in [-0.3, -0.25) is 4.79 Å². The molecule has 0 saturated carbocycles. The van der Waals surface area contributed by atoms with Crippen LogP contribution in [0.1, 0.15) is 41.5 Å². The number of pyridine rings is 1. The molecule has 7 heteroatoms. The lowest BCUT2D eigenvalue weighted by Gasteiger charge is -2.30. The van der Waals surface area contributed by atoms with Crippen LogP contribution in [0.25, 0.3) is 0 Å². The van der Waals surface area contributed by atoms with Crippen molar-refractivity contribution >= 4 is 27.3 Å². The number of benzene rings is 1. The van der Waals surface area contributed by atoms with Crippen molar-refractivity contribution in [2.24, 2.45) is 5.92 Å². The van der Waals surface area contributed by atoms with E-state index in [0.717, 1.165) is 12.8 Å². The van der Waals surface area contributed by atoms with Crippen LogP contribution in [0.4, 0.5) is 0 Å². The van der Waals surface area contributed by atoms with Gasteiger partial charge >= 0.3 is 0 Å². The summed E-state index contributed by atoms with van der Waals surface area (Å²) in [6.07, 6.45) is 1.96. The molecular weight excluding hydrogens is 384 g/mol. The minimum Gasteiger partial charge on any atom is -0.337 e. The first kappa shape index (κ1) is 19.8. The van der Waals surface area contributed by atoms with E-state index < -0.39 is 9.84 Å². The Bertz CT molecular complexity index is 931. The summed E-state index contributed by atoms with van der Waals surface area (Å²) in [4.78, 5) is 18.9. The minimum atomic E-state index is -3.67. The van der Waals surface area contributed by atoms with E-state index in [1.807, 2.05) is 0 Å². The van der Waals surface area contributed by atoms with E-state index in [2.05, 4.69) is 11.9 Å². The van der Waals surface area contributed by atoms with Gasteiger partial charge in [-0.25, -0.2) is 13.4 Å². The number of likely N-dealkylation sites (tertiary alicyclic amines) is 1. The number of amides is 1. The lowest BCUT2D eigenvalue weighted by molar-refractivity contribution is 0.0691. The van der Waals surface area contributed by atoms with E-state index in [0.29, 0.717) is 30.3 Å². The molecule has 0 radical (unpaired) electrons. The van der Waals surface area contributed by atoms with Gasteiger partial charge in [-0.1, -0.05) is 36.7 Å². The highest BCUT2D eigenvalue weighted by Crippen LogP contribution is 2.27. The summed E-state index contributed by atoms with van der Waals surface area (Å²) >= 11 is 6.11. The summed E-state index contributed by atoms with van der Waals surface area (Å²) in [6.45, 7) is 5.32. The molecule has 2 aromatic rings. The first-order valence-corrected chi connectivity index (χ1v) is 11.0. The first-order chi connectivity index (χ1) is 12.8. The Balaban J connectivity index is 1.83. The SMILES string of the molecule is Cc1cccc(Cl)c1S(=O)(=O)Cc1cccc(C(=O)N2CCC(C)CC2)n1. The third kappa shape index (κ3) is 4.50. The van der Waals surface area contributed by atoms with E-state index in [-0.39, 0.29) is 27.3 Å². The monoisotopic (exact) mass is 406 g/mol. The van der Waals surface area contributed by atoms with Gasteiger partial charge in [-0.15, -0.1) is 0 Å². The van der Waals surface area contributed by atoms with E-state index >= 15 is 0 Å². The quantitative estimate of drug-likeness (QED) is 0.772. The van der Waals surface area contributed by atoms with Crippen molar-refractivity contribution in [2.75, 3.05) is 13.1 Å². The molecule has 2 heterocycles. The van der Waals surface area contributed by atoms with Crippen LogP contribution in [0.5, 0.6) is 0 Å². The Morgan fingerprint density at radius 1 is 1.19 bits per heavy atom. The van der Waals surface area contributed by atoms with Gasteiger partial charge in [0.1, 0.15) is 5.69 Å². The molecular formula is C20H23ClN2O3S. The van der Waals surface area contributed by atoms with Crippen LogP contribution >= 0.6 is 11.6 Å². The fraction of sp³-hybridized carbons (Fsp3) is 0.400. The van der Waals surface area contributed by atoms with Crippen LogP contribution in [-0.2, 0) is 15.6 Å². The largest absolute Gasteiger partial charge is 0.337 e. The highest BCUT2D eigenvalue weighted by Gasteiger charge is 2.25. The minimum absolute atomic E-state index is 0.121. The molecule has 1 aromatic heterocycles. The average Bonchev–Trinajstić information content (AvgIpc) is 2.61. The van der Waals surface area contributed by atoms with Crippen molar-refractivity contribution < 1.29 is 13.2 Å². The zero-order valence-corrected chi connectivity index (χ0v) is 17.1. The number of hydrogen-bond acceptors (Lipinski definition) is 4. The highest BCUT2D eigenvalue weighted by molar-refractivity contribution is 7.90. The molecule has 1 amide bonds. The van der Waals surface area contributed by atoms with Crippen molar-refractivity contribution in [3.63, 3.8) is 0 Å². The highest BCUT2D eigenvalue weighted by atomic mass is 35.5. The van der Waals surface area contributed by atoms with Gasteiger partial charge in [-0.05, 0) is 49.4 Å². The average molecular weight is 407 g/mol. The number of aromatic nitrogens is 1. The molecule has 0 bridgehead atoms. The zero-order chi connectivity index (χ0) is 19.6. The van der Waals surface area contributed by atoms with Gasteiger partial charge in [0, 0.05) is 13.1 Å². The molecule has 1 aliphatic rings. The second-order valence-electron chi connectivity index (χ2n) is 7.13. The molecule has 3 rings (SSSR count). The van der Waals surface area contributed by atoms with Crippen molar-refractivity contribution in [1.82, 2.24) is 9.88 Å². The molecule has 0 unspecified atom stereocenters. The summed E-state index contributed by atoms with van der Waals surface area (Å²) in [7, 11) is -3.67. The summed E-state index contributed by atoms with van der Waals surface area (Å²) in [6, 6.07) is 9.93. The zero-order valence-electron chi connectivity index (χ0n) is 15.5. The standard InChI is InChI=1S/C20H23ClN2O3S/c1-14-9-11-23(12-10-14)20(24)18-8-4-6-16(22-18)13-27(25,26)19-15(2)5-3-7-17(19)21/h3-8,14H,9-13H2,1-2H3. The Kier molecular flexibility index (Phi) is 5.86. The van der Waals surface area contributed by atoms with Gasteiger partial charge < -0.3 is 4.90 Å². The lowest BCUT2D eigenvalue weighted by atomic mass is 9.99. The maximum Gasteiger partial charge on any atom is 0.272 e. The van der Waals surface area contributed by atoms with Crippen LogP contribution in [0.15, 0.2) is 41.3 Å². The van der Waals surface area contributed by atoms with Crippen LogP contribution in [0.3, 0.4) is 0 Å². The third-order valence-electron chi connectivity index (χ3n) is 4.91. The first-order valence-electron chi connectivity index (χ1n) is 9.01. The number of carbonyl (C=O) groups is 1. The second-order valence-corrected chi connectivity index (χ2v) is 9.47. The number of hydrogen-bond donors (Lipinski definition) is 0. The molecule has 1 saturated heterocycles. The number of nitrogens with zero attached hydrogens (tertiary/aromatic N) is 2. The topological polar surface area (TPSA) is 67.3 Å². The van der Waals surface area contributed by atoms with Crippen molar-refractivity contribution in [3.05, 3.63) is 58.4 Å². The van der Waals surface area contributed by atoms with E-state index in [1.165, 1.54) is 0 Å². The number of piperidine rings is 1. The molecule has 5 nitrogen and oxygen atoms in total. The molecule has 1 aromatic carbocycles. The molecule has 27 heavy (non-hydrogen) atoms. The Hall–Kier alpha value is -1.92. The normalized spacial score (nSPS) is 15.7. The summed E-state index contributed by atoms with van der Waals surface area (Å²) in [5, 5.41) is 0.199. The van der Waals surface area contributed by atoms with E-state index in [1.54, 1.807) is 48.2 Å². The van der Waals surface area contributed by atoms with Gasteiger partial charge in [-0.2, -0.15) is 0 Å². The van der Waals surface area contributed by atoms with Gasteiger partial charge in [0.2, 0.25) is 0 Å². The fourth-order valence-electron chi connectivity index (χ4n) is 3.33. The van der Waals surface area contributed by atoms with Crippen molar-refractivity contribution in [1.29, 1.82) is 0 Å². The van der Waals surface area contributed by atoms with Crippen LogP contribution in [0.2, 0.25) is 5.02 Å². The summed E-state index contributed by atoms with van der Waals surface area (Å²) in [5.74, 6) is 0.183. The lowest BCUT2D eigenvalue weighted by Crippen LogP contribution is -2.38. The van der Waals surface area contributed by atoms with Gasteiger partial charge in [0.05, 0.1) is 21.4 Å². The van der Waals surface area contributed by atoms with Crippen LogP contribution in [0, 0.1) is 12.8 Å². The number of sulfone groups is 1. The fourth-order valence-corrected chi connectivity index (χ4v) is 5.52. The maximum atomic E-state index is 12.8. The summed E-state index contributed by atoms with van der Waals surface area (Å²) in [5.41, 5.74) is 1.22. The molecule has 144 valence electrons. The molecule has 1 fully saturated rings. The molecule has 1 aliphatic heterocycles. The predicted octanol–water partition coefficient (Wildman–Crippen LogP) is 3.89. The Morgan fingerprint density at radius 2 is 1.85 bits per heavy atom. The number of halogens is 1. The number of rotatable bonds is 4. The number of carbonyl (C=O) groups excluding carboxylic acids is 1. The molecule has 0 N–H and O–H groups in total. The van der Waals surface area contributed by atoms with Crippen molar-refractivity contribution in [2.45, 2.75) is 37.3 Å². The Labute approximate surface area is 165 Å². The molecule has 0 atom stereocenters. The predicted molar refractivity (Wildman–Crippen MR) is 106 cm³/mol. The number of aryl methyl sites for hydroxylation is 1. The van der Waals surface area contributed by atoms with Crippen LogP contribution < -0.4 is 0 Å². The van der Waals surface area contributed by atoms with E-state index in [4.69, 9.17) is 11.6 Å². The Morgan fingerprint density at radius 3 is 2.52 bits per heavy atom. The summed E-state index contributed by atoms with van der Waals surface area (Å²) < 4.78 is 25.7. The third-order valence-corrected chi connectivity index (χ3v) is 7.18. The molecule has 0 spiro atoms. The van der Waals surface area contributed by atoms with Crippen molar-refractivity contribution in [3.8, 4) is 0 Å². The van der Waals surface area contributed by atoms with E-state index in [9.17, 15) is 13.2 Å². The maximum absolute atomic E-state index is 12.8. The van der Waals surface area contributed by atoms with Crippen LogP contribution in [-0.4, -0.2) is 37.3 Å². The van der Waals surface area contributed by atoms with Gasteiger partial charge in [0.25, 0.3) is 5.91 Å². The smallest absolute Gasteiger partial charge is 0.272 e. The second kappa shape index (κ2) is 7.98. The molecule has 0 aliphatic carbocycles. The van der Waals surface area contributed by atoms with Gasteiger partial charge in [0.15, 0.2) is 9.84 Å².